The Labute approximate surface area is 123 Å². The lowest BCUT2D eigenvalue weighted by Gasteiger charge is -2.22. The lowest BCUT2D eigenvalue weighted by molar-refractivity contribution is -0.141. The predicted molar refractivity (Wildman–Crippen MR) is 75.2 cm³/mol. The van der Waals surface area contributed by atoms with Crippen molar-refractivity contribution in [3.8, 4) is 0 Å². The number of oxazole rings is 1. The smallest absolute Gasteiger partial charge is 0.247 e. The summed E-state index contributed by atoms with van der Waals surface area (Å²) in [5, 5.41) is 3.10. The molecule has 2 amide bonds. The number of hydrogen-bond donors (Lipinski definition) is 1. The van der Waals surface area contributed by atoms with Gasteiger partial charge in [-0.05, 0) is 12.8 Å². The molecule has 2 heterocycles. The number of aryl methyl sites for hydroxylation is 1. The maximum Gasteiger partial charge on any atom is 0.247 e. The van der Waals surface area contributed by atoms with Gasteiger partial charge in [0.1, 0.15) is 5.76 Å². The third kappa shape index (κ3) is 2.85. The zero-order valence-corrected chi connectivity index (χ0v) is 12.3. The van der Waals surface area contributed by atoms with E-state index in [1.165, 1.54) is 4.90 Å². The Morgan fingerprint density at radius 3 is 2.81 bits per heavy atom. The van der Waals surface area contributed by atoms with Crippen molar-refractivity contribution in [1.82, 2.24) is 15.2 Å². The second-order valence-electron chi connectivity index (χ2n) is 5.75. The summed E-state index contributed by atoms with van der Waals surface area (Å²) in [6, 6.07) is -0.319. The van der Waals surface area contributed by atoms with Crippen LogP contribution in [0.15, 0.2) is 10.6 Å². The Hall–Kier alpha value is -1.69. The highest BCUT2D eigenvalue weighted by Gasteiger charge is 2.42. The molecule has 1 N–H and O–H groups in total. The Morgan fingerprint density at radius 2 is 2.14 bits per heavy atom. The molecule has 0 aromatic carbocycles. The molecule has 0 bridgehead atoms. The average Bonchev–Trinajstić information content (AvgIpc) is 3.18. The van der Waals surface area contributed by atoms with Crippen LogP contribution in [0.4, 0.5) is 0 Å². The number of rotatable bonds is 5. The molecular weight excluding hydrogens is 270 g/mol. The van der Waals surface area contributed by atoms with Crippen molar-refractivity contribution < 1.29 is 14.0 Å². The van der Waals surface area contributed by atoms with Crippen LogP contribution in [0.5, 0.6) is 0 Å². The third-order valence-corrected chi connectivity index (χ3v) is 4.32. The summed E-state index contributed by atoms with van der Waals surface area (Å²) in [6.07, 6.45) is 6.85. The highest BCUT2D eigenvalue weighted by atomic mass is 16.4. The van der Waals surface area contributed by atoms with Crippen LogP contribution in [-0.2, 0) is 22.6 Å². The fourth-order valence-corrected chi connectivity index (χ4v) is 3.16. The van der Waals surface area contributed by atoms with Crippen LogP contribution in [0.2, 0.25) is 0 Å². The fourth-order valence-electron chi connectivity index (χ4n) is 3.16. The molecule has 2 fully saturated rings. The van der Waals surface area contributed by atoms with Crippen LogP contribution in [0.1, 0.15) is 50.7 Å². The summed E-state index contributed by atoms with van der Waals surface area (Å²) in [7, 11) is 0. The summed E-state index contributed by atoms with van der Waals surface area (Å²) >= 11 is 0. The first kappa shape index (κ1) is 14.3. The van der Waals surface area contributed by atoms with Gasteiger partial charge in [0.15, 0.2) is 0 Å². The van der Waals surface area contributed by atoms with Gasteiger partial charge in [0, 0.05) is 12.5 Å². The van der Waals surface area contributed by atoms with Crippen molar-refractivity contribution in [2.75, 3.05) is 0 Å². The number of amides is 2. The van der Waals surface area contributed by atoms with Gasteiger partial charge >= 0.3 is 0 Å². The molecule has 6 heteroatoms. The van der Waals surface area contributed by atoms with Gasteiger partial charge in [-0.25, -0.2) is 4.98 Å². The molecule has 1 aromatic rings. The van der Waals surface area contributed by atoms with E-state index in [2.05, 4.69) is 10.3 Å². The molecule has 1 aliphatic carbocycles. The number of aromatic nitrogens is 1. The Morgan fingerprint density at radius 1 is 1.38 bits per heavy atom. The van der Waals surface area contributed by atoms with Crippen LogP contribution >= 0.6 is 0 Å². The highest BCUT2D eigenvalue weighted by Crippen LogP contribution is 2.28. The summed E-state index contributed by atoms with van der Waals surface area (Å²) in [5.41, 5.74) is 0. The molecule has 6 nitrogen and oxygen atoms in total. The Bertz CT molecular complexity index is 534. The average molecular weight is 291 g/mol. The van der Waals surface area contributed by atoms with E-state index in [9.17, 15) is 9.59 Å². The van der Waals surface area contributed by atoms with Gasteiger partial charge in [-0.2, -0.15) is 0 Å². The van der Waals surface area contributed by atoms with Gasteiger partial charge in [0.25, 0.3) is 0 Å². The third-order valence-electron chi connectivity index (χ3n) is 4.32. The molecule has 1 aliphatic heterocycles. The van der Waals surface area contributed by atoms with Crippen LogP contribution in [0.25, 0.3) is 0 Å². The van der Waals surface area contributed by atoms with Gasteiger partial charge < -0.3 is 4.42 Å². The maximum absolute atomic E-state index is 12.4. The first-order chi connectivity index (χ1) is 10.2. The van der Waals surface area contributed by atoms with Crippen LogP contribution in [0, 0.1) is 0 Å². The van der Waals surface area contributed by atoms with Gasteiger partial charge in [-0.3, -0.25) is 19.8 Å². The molecule has 0 radical (unpaired) electrons. The van der Waals surface area contributed by atoms with E-state index >= 15 is 0 Å². The summed E-state index contributed by atoms with van der Waals surface area (Å²) < 4.78 is 5.50. The van der Waals surface area contributed by atoms with E-state index in [1.807, 2.05) is 6.92 Å². The van der Waals surface area contributed by atoms with Crippen molar-refractivity contribution in [3.63, 3.8) is 0 Å². The molecule has 2 aliphatic rings. The quantitative estimate of drug-likeness (QED) is 0.830. The molecule has 1 saturated heterocycles. The normalized spacial score (nSPS) is 23.5. The highest BCUT2D eigenvalue weighted by molar-refractivity contribution is 6.05. The van der Waals surface area contributed by atoms with E-state index in [0.29, 0.717) is 12.4 Å². The first-order valence-corrected chi connectivity index (χ1v) is 7.72. The van der Waals surface area contributed by atoms with E-state index in [0.717, 1.165) is 37.9 Å². The van der Waals surface area contributed by atoms with Gasteiger partial charge in [-0.15, -0.1) is 0 Å². The summed E-state index contributed by atoms with van der Waals surface area (Å²) in [6.45, 7) is 2.37. The summed E-state index contributed by atoms with van der Waals surface area (Å²) in [4.78, 5) is 30.1. The van der Waals surface area contributed by atoms with Crippen LogP contribution in [0.3, 0.4) is 0 Å². The standard InChI is InChI=1S/C15H21N3O3/c1-2-11-8-17-13(21-11)9-16-12-7-14(19)18(15(12)20)10-5-3-4-6-10/h8,10,12,16H,2-7,9H2,1H3. The van der Waals surface area contributed by atoms with Gasteiger partial charge in [0.05, 0.1) is 25.2 Å². The molecule has 1 aromatic heterocycles. The Kier molecular flexibility index (Phi) is 4.05. The predicted octanol–water partition coefficient (Wildman–Crippen LogP) is 1.40. The lowest BCUT2D eigenvalue weighted by Crippen LogP contribution is -2.42. The molecule has 0 spiro atoms. The second-order valence-corrected chi connectivity index (χ2v) is 5.75. The van der Waals surface area contributed by atoms with E-state index in [1.54, 1.807) is 6.20 Å². The number of nitrogens with one attached hydrogen (secondary N) is 1. The molecule has 114 valence electrons. The number of imide groups is 1. The van der Waals surface area contributed by atoms with Crippen LogP contribution in [-0.4, -0.2) is 33.8 Å². The number of carbonyl (C=O) groups excluding carboxylic acids is 2. The number of carbonyl (C=O) groups is 2. The van der Waals surface area contributed by atoms with Gasteiger partial charge in [0.2, 0.25) is 17.7 Å². The minimum absolute atomic E-state index is 0.0500. The van der Waals surface area contributed by atoms with E-state index in [4.69, 9.17) is 4.42 Å². The second kappa shape index (κ2) is 5.97. The molecule has 1 unspecified atom stereocenters. The molecule has 1 atom stereocenters. The number of hydrogen-bond acceptors (Lipinski definition) is 5. The summed E-state index contributed by atoms with van der Waals surface area (Å²) in [5.74, 6) is 1.25. The maximum atomic E-state index is 12.4. The van der Waals surface area contributed by atoms with E-state index in [-0.39, 0.29) is 24.3 Å². The van der Waals surface area contributed by atoms with Crippen molar-refractivity contribution in [3.05, 3.63) is 17.8 Å². The SMILES string of the molecule is CCc1cnc(CNC2CC(=O)N(C3CCCC3)C2=O)o1. The van der Waals surface area contributed by atoms with Crippen molar-refractivity contribution in [1.29, 1.82) is 0 Å². The Balaban J connectivity index is 1.59. The molecule has 21 heavy (non-hydrogen) atoms. The number of likely N-dealkylation sites (tertiary alicyclic amines) is 1. The first-order valence-electron chi connectivity index (χ1n) is 7.72. The largest absolute Gasteiger partial charge is 0.444 e. The van der Waals surface area contributed by atoms with E-state index < -0.39 is 6.04 Å². The number of nitrogens with zero attached hydrogens (tertiary/aromatic N) is 2. The minimum Gasteiger partial charge on any atom is -0.444 e. The topological polar surface area (TPSA) is 75.4 Å². The van der Waals surface area contributed by atoms with Crippen LogP contribution < -0.4 is 5.32 Å². The molecule has 3 rings (SSSR count). The van der Waals surface area contributed by atoms with Crippen molar-refractivity contribution in [2.45, 2.75) is 64.1 Å². The zero-order chi connectivity index (χ0) is 14.8. The fraction of sp³-hybridized carbons (Fsp3) is 0.667. The molecular formula is C15H21N3O3. The molecule has 1 saturated carbocycles. The zero-order valence-electron chi connectivity index (χ0n) is 12.3. The monoisotopic (exact) mass is 291 g/mol. The van der Waals surface area contributed by atoms with Gasteiger partial charge in [-0.1, -0.05) is 19.8 Å². The lowest BCUT2D eigenvalue weighted by atomic mass is 10.2. The minimum atomic E-state index is -0.435. The van der Waals surface area contributed by atoms with Crippen molar-refractivity contribution >= 4 is 11.8 Å². The van der Waals surface area contributed by atoms with Crippen molar-refractivity contribution in [2.24, 2.45) is 0 Å².